The number of hydrogen-bond donors (Lipinski definition) is 2. The average Bonchev–Trinajstić information content (AvgIpc) is 2.38. The van der Waals surface area contributed by atoms with Gasteiger partial charge in [0.1, 0.15) is 5.82 Å². The lowest BCUT2D eigenvalue weighted by atomic mass is 10.0. The van der Waals surface area contributed by atoms with Gasteiger partial charge in [-0.15, -0.1) is 0 Å². The molecule has 96 valence electrons. The molecule has 0 aliphatic heterocycles. The van der Waals surface area contributed by atoms with Gasteiger partial charge >= 0.3 is 6.09 Å². The number of hydrogen-bond acceptors (Lipinski definition) is 2. The molecule has 0 spiro atoms. The number of halogens is 1. The summed E-state index contributed by atoms with van der Waals surface area (Å²) in [5, 5.41) is 10.8. The van der Waals surface area contributed by atoms with Crippen molar-refractivity contribution in [2.75, 3.05) is 5.32 Å². The maximum absolute atomic E-state index is 12.8. The second-order valence-electron chi connectivity index (χ2n) is 3.85. The first-order valence-corrected chi connectivity index (χ1v) is 5.46. The highest BCUT2D eigenvalue weighted by Crippen LogP contribution is 2.15. The molecule has 5 heteroatoms. The first-order chi connectivity index (χ1) is 9.06. The van der Waals surface area contributed by atoms with Gasteiger partial charge in [0, 0.05) is 16.8 Å². The van der Waals surface area contributed by atoms with Gasteiger partial charge in [0.2, 0.25) is 0 Å². The number of nitrogens with one attached hydrogen (secondary N) is 1. The van der Waals surface area contributed by atoms with E-state index in [1.54, 1.807) is 12.1 Å². The van der Waals surface area contributed by atoms with Crippen LogP contribution < -0.4 is 5.32 Å². The Hall–Kier alpha value is -2.69. The summed E-state index contributed by atoms with van der Waals surface area (Å²) in [5.41, 5.74) is 0.979. The molecular formula is C14H10FNO3. The maximum Gasteiger partial charge on any atom is 0.409 e. The predicted molar refractivity (Wildman–Crippen MR) is 67.9 cm³/mol. The lowest BCUT2D eigenvalue weighted by molar-refractivity contribution is 0.103. The minimum atomic E-state index is -1.20. The van der Waals surface area contributed by atoms with E-state index in [0.717, 1.165) is 0 Å². The van der Waals surface area contributed by atoms with Gasteiger partial charge in [-0.25, -0.2) is 9.18 Å². The Morgan fingerprint density at radius 2 is 1.68 bits per heavy atom. The van der Waals surface area contributed by atoms with Crippen molar-refractivity contribution in [2.45, 2.75) is 0 Å². The Labute approximate surface area is 108 Å². The molecule has 2 aromatic carbocycles. The monoisotopic (exact) mass is 259 g/mol. The molecule has 1 amide bonds. The van der Waals surface area contributed by atoms with Crippen molar-refractivity contribution in [3.05, 3.63) is 65.5 Å². The molecule has 0 saturated carbocycles. The zero-order chi connectivity index (χ0) is 13.8. The van der Waals surface area contributed by atoms with E-state index in [1.807, 2.05) is 0 Å². The smallest absolute Gasteiger partial charge is 0.409 e. The van der Waals surface area contributed by atoms with E-state index in [-0.39, 0.29) is 5.78 Å². The van der Waals surface area contributed by atoms with Crippen LogP contribution in [0.15, 0.2) is 48.5 Å². The van der Waals surface area contributed by atoms with E-state index >= 15 is 0 Å². The van der Waals surface area contributed by atoms with Crippen LogP contribution in [0.3, 0.4) is 0 Å². The summed E-state index contributed by atoms with van der Waals surface area (Å²) in [6.07, 6.45) is -1.20. The van der Waals surface area contributed by atoms with Crippen LogP contribution in [-0.4, -0.2) is 17.0 Å². The Bertz CT molecular complexity index is 623. The number of anilines is 1. The predicted octanol–water partition coefficient (Wildman–Crippen LogP) is 3.15. The highest BCUT2D eigenvalue weighted by molar-refractivity contribution is 6.09. The van der Waals surface area contributed by atoms with Crippen molar-refractivity contribution in [3.63, 3.8) is 0 Å². The summed E-state index contributed by atoms with van der Waals surface area (Å²) in [4.78, 5) is 22.6. The van der Waals surface area contributed by atoms with Crippen LogP contribution in [0.25, 0.3) is 0 Å². The molecule has 0 heterocycles. The van der Waals surface area contributed by atoms with Crippen LogP contribution in [-0.2, 0) is 0 Å². The molecule has 2 aromatic rings. The van der Waals surface area contributed by atoms with Crippen molar-refractivity contribution < 1.29 is 19.1 Å². The van der Waals surface area contributed by atoms with Gasteiger partial charge in [0.25, 0.3) is 0 Å². The largest absolute Gasteiger partial charge is 0.465 e. The molecule has 0 bridgehead atoms. The van der Waals surface area contributed by atoms with E-state index in [2.05, 4.69) is 5.32 Å². The number of rotatable bonds is 3. The molecule has 0 fully saturated rings. The fourth-order valence-electron chi connectivity index (χ4n) is 1.63. The lowest BCUT2D eigenvalue weighted by Gasteiger charge is -2.04. The van der Waals surface area contributed by atoms with Crippen LogP contribution in [0.4, 0.5) is 14.9 Å². The third-order valence-electron chi connectivity index (χ3n) is 2.48. The van der Waals surface area contributed by atoms with Crippen LogP contribution in [0.5, 0.6) is 0 Å². The number of carboxylic acid groups (broad SMARTS) is 1. The van der Waals surface area contributed by atoms with E-state index in [9.17, 15) is 14.0 Å². The maximum atomic E-state index is 12.8. The standard InChI is InChI=1S/C14H10FNO3/c15-11-6-4-9(5-7-11)13(17)10-2-1-3-12(8-10)16-14(18)19/h1-8,16H,(H,18,19). The fraction of sp³-hybridized carbons (Fsp3) is 0. The average molecular weight is 259 g/mol. The van der Waals surface area contributed by atoms with Gasteiger partial charge in [-0.05, 0) is 36.4 Å². The SMILES string of the molecule is O=C(O)Nc1cccc(C(=O)c2ccc(F)cc2)c1. The summed E-state index contributed by atoms with van der Waals surface area (Å²) in [6, 6.07) is 11.3. The van der Waals surface area contributed by atoms with Crippen LogP contribution in [0.2, 0.25) is 0 Å². The third-order valence-corrected chi connectivity index (χ3v) is 2.48. The topological polar surface area (TPSA) is 66.4 Å². The van der Waals surface area contributed by atoms with Crippen molar-refractivity contribution in [1.29, 1.82) is 0 Å². The minimum absolute atomic E-state index is 0.297. The second kappa shape index (κ2) is 5.30. The third kappa shape index (κ3) is 3.16. The molecule has 0 saturated heterocycles. The number of ketones is 1. The highest BCUT2D eigenvalue weighted by atomic mass is 19.1. The fourth-order valence-corrected chi connectivity index (χ4v) is 1.63. The number of carbonyl (C=O) groups excluding carboxylic acids is 1. The van der Waals surface area contributed by atoms with Crippen molar-refractivity contribution in [2.24, 2.45) is 0 Å². The lowest BCUT2D eigenvalue weighted by Crippen LogP contribution is -2.08. The van der Waals surface area contributed by atoms with E-state index < -0.39 is 11.9 Å². The van der Waals surface area contributed by atoms with E-state index in [4.69, 9.17) is 5.11 Å². The molecule has 0 unspecified atom stereocenters. The second-order valence-corrected chi connectivity index (χ2v) is 3.85. The molecule has 0 aliphatic rings. The Morgan fingerprint density at radius 3 is 2.32 bits per heavy atom. The molecular weight excluding hydrogens is 249 g/mol. The van der Waals surface area contributed by atoms with Crippen LogP contribution >= 0.6 is 0 Å². The zero-order valence-corrected chi connectivity index (χ0v) is 9.76. The Balaban J connectivity index is 2.28. The summed E-state index contributed by atoms with van der Waals surface area (Å²) in [7, 11) is 0. The molecule has 0 radical (unpaired) electrons. The molecule has 2 rings (SSSR count). The van der Waals surface area contributed by atoms with Crippen molar-refractivity contribution >= 4 is 17.6 Å². The number of amides is 1. The molecule has 19 heavy (non-hydrogen) atoms. The summed E-state index contributed by atoms with van der Waals surface area (Å²) < 4.78 is 12.8. The van der Waals surface area contributed by atoms with Crippen LogP contribution in [0, 0.1) is 5.82 Å². The van der Waals surface area contributed by atoms with Crippen molar-refractivity contribution in [3.8, 4) is 0 Å². The minimum Gasteiger partial charge on any atom is -0.465 e. The molecule has 0 aliphatic carbocycles. The first-order valence-electron chi connectivity index (χ1n) is 5.46. The van der Waals surface area contributed by atoms with Crippen molar-refractivity contribution in [1.82, 2.24) is 0 Å². The summed E-state index contributed by atoms with van der Waals surface area (Å²) in [6.45, 7) is 0. The normalized spacial score (nSPS) is 9.95. The summed E-state index contributed by atoms with van der Waals surface area (Å²) in [5.74, 6) is -0.716. The quantitative estimate of drug-likeness (QED) is 0.832. The van der Waals surface area contributed by atoms with Gasteiger partial charge in [-0.1, -0.05) is 12.1 Å². The first kappa shape index (κ1) is 12.8. The van der Waals surface area contributed by atoms with E-state index in [0.29, 0.717) is 16.8 Å². The highest BCUT2D eigenvalue weighted by Gasteiger charge is 2.10. The molecule has 0 atom stereocenters. The van der Waals surface area contributed by atoms with Gasteiger partial charge in [0.05, 0.1) is 0 Å². The van der Waals surface area contributed by atoms with Gasteiger partial charge in [-0.3, -0.25) is 10.1 Å². The van der Waals surface area contributed by atoms with Crippen LogP contribution in [0.1, 0.15) is 15.9 Å². The van der Waals surface area contributed by atoms with Gasteiger partial charge < -0.3 is 5.11 Å². The number of benzene rings is 2. The zero-order valence-electron chi connectivity index (χ0n) is 9.76. The Morgan fingerprint density at radius 1 is 1.00 bits per heavy atom. The molecule has 2 N–H and O–H groups in total. The van der Waals surface area contributed by atoms with Gasteiger partial charge in [0.15, 0.2) is 5.78 Å². The molecule has 4 nitrogen and oxygen atoms in total. The molecule has 0 aromatic heterocycles. The summed E-state index contributed by atoms with van der Waals surface area (Å²) >= 11 is 0. The van der Waals surface area contributed by atoms with Gasteiger partial charge in [-0.2, -0.15) is 0 Å². The Kier molecular flexibility index (Phi) is 3.56. The number of carbonyl (C=O) groups is 2. The van der Waals surface area contributed by atoms with E-state index in [1.165, 1.54) is 36.4 Å².